The van der Waals surface area contributed by atoms with Gasteiger partial charge in [0.1, 0.15) is 11.2 Å². The third-order valence-corrected chi connectivity index (χ3v) is 3.29. The van der Waals surface area contributed by atoms with Crippen molar-refractivity contribution in [1.29, 1.82) is 0 Å². The van der Waals surface area contributed by atoms with Crippen molar-refractivity contribution in [2.75, 3.05) is 13.2 Å². The minimum absolute atomic E-state index is 0.333. The summed E-state index contributed by atoms with van der Waals surface area (Å²) in [5.74, 6) is 0.737. The van der Waals surface area contributed by atoms with E-state index < -0.39 is 5.54 Å². The van der Waals surface area contributed by atoms with Gasteiger partial charge in [-0.2, -0.15) is 4.98 Å². The minimum atomic E-state index is -0.793. The summed E-state index contributed by atoms with van der Waals surface area (Å²) in [6.07, 6.45) is 2.60. The van der Waals surface area contributed by atoms with Crippen LogP contribution < -0.4 is 5.73 Å². The molecular formula is C13H17BrN4O2. The number of ether oxygens (including phenoxy) is 1. The molecule has 0 aliphatic carbocycles. The number of pyridine rings is 1. The lowest BCUT2D eigenvalue weighted by atomic mass is 10.1. The van der Waals surface area contributed by atoms with Crippen LogP contribution in [0.25, 0.3) is 11.6 Å². The van der Waals surface area contributed by atoms with Gasteiger partial charge in [-0.1, -0.05) is 12.1 Å². The molecule has 0 saturated carbocycles. The fraction of sp³-hybridized carbons (Fsp3) is 0.462. The minimum Gasteiger partial charge on any atom is -0.379 e. The van der Waals surface area contributed by atoms with Crippen LogP contribution in [0.15, 0.2) is 27.3 Å². The van der Waals surface area contributed by atoms with Crippen molar-refractivity contribution in [1.82, 2.24) is 15.1 Å². The highest BCUT2D eigenvalue weighted by molar-refractivity contribution is 9.10. The molecule has 0 saturated heterocycles. The number of hydrogen-bond donors (Lipinski definition) is 1. The van der Waals surface area contributed by atoms with Crippen LogP contribution in [-0.4, -0.2) is 28.3 Å². The van der Waals surface area contributed by atoms with Crippen molar-refractivity contribution >= 4 is 15.9 Å². The molecule has 0 aliphatic heterocycles. The summed E-state index contributed by atoms with van der Waals surface area (Å²) in [4.78, 5) is 8.52. The van der Waals surface area contributed by atoms with Gasteiger partial charge in [-0.25, -0.2) is 4.98 Å². The van der Waals surface area contributed by atoms with Crippen molar-refractivity contribution in [2.45, 2.75) is 25.8 Å². The maximum atomic E-state index is 6.17. The fourth-order valence-corrected chi connectivity index (χ4v) is 2.01. The van der Waals surface area contributed by atoms with E-state index in [-0.39, 0.29) is 0 Å². The Balaban J connectivity index is 2.18. The number of halogens is 1. The Morgan fingerprint density at radius 3 is 3.00 bits per heavy atom. The van der Waals surface area contributed by atoms with E-state index in [1.54, 1.807) is 6.20 Å². The number of hydrogen-bond acceptors (Lipinski definition) is 6. The lowest BCUT2D eigenvalue weighted by Gasteiger charge is -2.19. The molecule has 0 fully saturated rings. The second kappa shape index (κ2) is 6.43. The highest BCUT2D eigenvalue weighted by Gasteiger charge is 2.28. The summed E-state index contributed by atoms with van der Waals surface area (Å²) >= 11 is 3.40. The molecule has 6 nitrogen and oxygen atoms in total. The van der Waals surface area contributed by atoms with Crippen LogP contribution in [0.4, 0.5) is 0 Å². The van der Waals surface area contributed by atoms with Crippen LogP contribution in [0, 0.1) is 0 Å². The van der Waals surface area contributed by atoms with Gasteiger partial charge in [0, 0.05) is 17.3 Å². The number of nitrogens with two attached hydrogens (primary N) is 1. The second-order valence-electron chi connectivity index (χ2n) is 4.73. The third kappa shape index (κ3) is 3.41. The molecule has 2 aromatic heterocycles. The summed E-state index contributed by atoms with van der Waals surface area (Å²) < 4.78 is 11.5. The average molecular weight is 341 g/mol. The first-order chi connectivity index (χ1) is 9.54. The fourth-order valence-electron chi connectivity index (χ4n) is 1.59. The first-order valence-electron chi connectivity index (χ1n) is 6.36. The molecule has 1 atom stereocenters. The van der Waals surface area contributed by atoms with Gasteiger partial charge in [0.15, 0.2) is 5.82 Å². The van der Waals surface area contributed by atoms with Gasteiger partial charge >= 0.3 is 0 Å². The van der Waals surface area contributed by atoms with Crippen LogP contribution in [0.5, 0.6) is 0 Å². The molecule has 0 radical (unpaired) electrons. The van der Waals surface area contributed by atoms with E-state index in [1.165, 1.54) is 0 Å². The van der Waals surface area contributed by atoms with Crippen LogP contribution in [0.2, 0.25) is 0 Å². The predicted molar refractivity (Wildman–Crippen MR) is 77.9 cm³/mol. The first kappa shape index (κ1) is 15.1. The first-order valence-corrected chi connectivity index (χ1v) is 7.15. The monoisotopic (exact) mass is 340 g/mol. The molecule has 20 heavy (non-hydrogen) atoms. The Morgan fingerprint density at radius 1 is 1.50 bits per heavy atom. The standard InChI is InChI=1S/C13H17BrN4O2/c1-3-7-19-8-13(2,15)12-17-11(20-18-12)10-9(14)5-4-6-16-10/h4-6H,3,7-8,15H2,1-2H3. The van der Waals surface area contributed by atoms with Crippen molar-refractivity contribution in [3.63, 3.8) is 0 Å². The summed E-state index contributed by atoms with van der Waals surface area (Å²) in [7, 11) is 0. The van der Waals surface area contributed by atoms with Gasteiger partial charge < -0.3 is 15.0 Å². The molecule has 0 aliphatic rings. The lowest BCUT2D eigenvalue weighted by molar-refractivity contribution is 0.0867. The van der Waals surface area contributed by atoms with Gasteiger partial charge in [-0.3, -0.25) is 0 Å². The lowest BCUT2D eigenvalue weighted by Crippen LogP contribution is -2.39. The van der Waals surface area contributed by atoms with Crippen LogP contribution in [-0.2, 0) is 10.3 Å². The Bertz CT molecular complexity index is 571. The summed E-state index contributed by atoms with van der Waals surface area (Å²) in [6.45, 7) is 4.84. The Labute approximate surface area is 125 Å². The van der Waals surface area contributed by atoms with E-state index in [9.17, 15) is 0 Å². The summed E-state index contributed by atoms with van der Waals surface area (Å²) in [5.41, 5.74) is 5.97. The van der Waals surface area contributed by atoms with Gasteiger partial charge in [-0.15, -0.1) is 0 Å². The van der Waals surface area contributed by atoms with Crippen molar-refractivity contribution in [2.24, 2.45) is 5.73 Å². The van der Waals surface area contributed by atoms with Crippen LogP contribution >= 0.6 is 15.9 Å². The smallest absolute Gasteiger partial charge is 0.277 e. The van der Waals surface area contributed by atoms with Gasteiger partial charge in [0.2, 0.25) is 0 Å². The van der Waals surface area contributed by atoms with Gasteiger partial charge in [-0.05, 0) is 41.4 Å². The van der Waals surface area contributed by atoms with Gasteiger partial charge in [0.25, 0.3) is 5.89 Å². The van der Waals surface area contributed by atoms with Crippen molar-refractivity contribution in [3.05, 3.63) is 28.6 Å². The normalized spacial score (nSPS) is 14.2. The van der Waals surface area contributed by atoms with E-state index in [0.717, 1.165) is 10.9 Å². The molecule has 0 spiro atoms. The predicted octanol–water partition coefficient (Wildman–Crippen LogP) is 2.49. The van der Waals surface area contributed by atoms with E-state index >= 15 is 0 Å². The Kier molecular flexibility index (Phi) is 4.85. The molecule has 0 aromatic carbocycles. The molecule has 2 rings (SSSR count). The highest BCUT2D eigenvalue weighted by atomic mass is 79.9. The SMILES string of the molecule is CCCOCC(C)(N)c1noc(-c2ncccc2Br)n1. The molecule has 0 amide bonds. The maximum absolute atomic E-state index is 6.17. The highest BCUT2D eigenvalue weighted by Crippen LogP contribution is 2.25. The topological polar surface area (TPSA) is 87.1 Å². The van der Waals surface area contributed by atoms with Crippen molar-refractivity contribution in [3.8, 4) is 11.6 Å². The molecule has 0 bridgehead atoms. The average Bonchev–Trinajstić information content (AvgIpc) is 2.90. The molecule has 2 N–H and O–H groups in total. The quantitative estimate of drug-likeness (QED) is 0.813. The second-order valence-corrected chi connectivity index (χ2v) is 5.58. The largest absolute Gasteiger partial charge is 0.379 e. The van der Waals surface area contributed by atoms with Crippen LogP contribution in [0.1, 0.15) is 26.1 Å². The zero-order valence-corrected chi connectivity index (χ0v) is 13.1. The zero-order chi connectivity index (χ0) is 14.6. The molecular weight excluding hydrogens is 324 g/mol. The Hall–Kier alpha value is -1.31. The van der Waals surface area contributed by atoms with E-state index in [4.69, 9.17) is 15.0 Å². The summed E-state index contributed by atoms with van der Waals surface area (Å²) in [6, 6.07) is 3.68. The third-order valence-electron chi connectivity index (χ3n) is 2.65. The van der Waals surface area contributed by atoms with Crippen LogP contribution in [0.3, 0.4) is 0 Å². The molecule has 2 aromatic rings. The number of nitrogens with zero attached hydrogens (tertiary/aromatic N) is 3. The molecule has 2 heterocycles. The molecule has 108 valence electrons. The van der Waals surface area contributed by atoms with Crippen molar-refractivity contribution < 1.29 is 9.26 Å². The van der Waals surface area contributed by atoms with E-state index in [2.05, 4.69) is 31.1 Å². The zero-order valence-electron chi connectivity index (χ0n) is 11.5. The number of aromatic nitrogens is 3. The molecule has 7 heteroatoms. The Morgan fingerprint density at radius 2 is 2.30 bits per heavy atom. The van der Waals surface area contributed by atoms with Gasteiger partial charge in [0.05, 0.1) is 6.61 Å². The maximum Gasteiger partial charge on any atom is 0.277 e. The summed E-state index contributed by atoms with van der Waals surface area (Å²) in [5, 5.41) is 3.93. The number of rotatable bonds is 6. The molecule has 1 unspecified atom stereocenters. The van der Waals surface area contributed by atoms with E-state index in [0.29, 0.717) is 30.6 Å². The van der Waals surface area contributed by atoms with E-state index in [1.807, 2.05) is 26.0 Å².